The number of hydrogen-bond acceptors (Lipinski definition) is 6. The fourth-order valence-electron chi connectivity index (χ4n) is 2.38. The van der Waals surface area contributed by atoms with Crippen LogP contribution in [0.3, 0.4) is 0 Å². The zero-order chi connectivity index (χ0) is 17.2. The molecular weight excluding hydrogens is 322 g/mol. The molecule has 0 spiro atoms. The smallest absolute Gasteiger partial charge is 0.338 e. The standard InChI is InChI=1S/C15H19NO6S/c1-9(2)12-5-11(6-14(18)16-12)15(19)22-7-13(17)10-3-4-23(20,21)8-10/h5-6,9-10H,3-4,7-8H2,1-2H3,(H,16,18). The van der Waals surface area contributed by atoms with Gasteiger partial charge in [0.05, 0.1) is 17.1 Å². The van der Waals surface area contributed by atoms with Crippen LogP contribution >= 0.6 is 0 Å². The summed E-state index contributed by atoms with van der Waals surface area (Å²) >= 11 is 0. The first-order valence-corrected chi connectivity index (χ1v) is 9.14. The molecule has 1 aromatic heterocycles. The number of aromatic nitrogens is 1. The first-order chi connectivity index (χ1) is 10.7. The van der Waals surface area contributed by atoms with Crippen molar-refractivity contribution in [2.24, 2.45) is 5.92 Å². The molecule has 7 nitrogen and oxygen atoms in total. The van der Waals surface area contributed by atoms with Gasteiger partial charge in [-0.25, -0.2) is 13.2 Å². The number of carbonyl (C=O) groups is 2. The third-order valence-electron chi connectivity index (χ3n) is 3.76. The van der Waals surface area contributed by atoms with Crippen molar-refractivity contribution in [3.05, 3.63) is 33.7 Å². The quantitative estimate of drug-likeness (QED) is 0.788. The molecule has 1 aliphatic rings. The highest BCUT2D eigenvalue weighted by atomic mass is 32.2. The molecule has 0 saturated carbocycles. The molecule has 1 saturated heterocycles. The lowest BCUT2D eigenvalue weighted by atomic mass is 10.0. The Morgan fingerprint density at radius 3 is 2.61 bits per heavy atom. The molecule has 8 heteroatoms. The summed E-state index contributed by atoms with van der Waals surface area (Å²) in [6.45, 7) is 3.25. The molecule has 1 atom stereocenters. The van der Waals surface area contributed by atoms with E-state index in [9.17, 15) is 22.8 Å². The zero-order valence-corrected chi connectivity index (χ0v) is 13.8. The molecule has 0 radical (unpaired) electrons. The van der Waals surface area contributed by atoms with E-state index in [1.807, 2.05) is 13.8 Å². The molecule has 0 amide bonds. The van der Waals surface area contributed by atoms with Gasteiger partial charge in [0.25, 0.3) is 0 Å². The number of ketones is 1. The van der Waals surface area contributed by atoms with E-state index in [1.54, 1.807) is 0 Å². The highest BCUT2D eigenvalue weighted by molar-refractivity contribution is 7.91. The van der Waals surface area contributed by atoms with E-state index >= 15 is 0 Å². The lowest BCUT2D eigenvalue weighted by molar-refractivity contribution is -0.125. The topological polar surface area (TPSA) is 110 Å². The molecule has 1 fully saturated rings. The SMILES string of the molecule is CC(C)c1cc(C(=O)OCC(=O)C2CCS(=O)(=O)C2)cc(=O)[nH]1. The van der Waals surface area contributed by atoms with Gasteiger partial charge in [-0.3, -0.25) is 9.59 Å². The van der Waals surface area contributed by atoms with Crippen molar-refractivity contribution < 1.29 is 22.7 Å². The van der Waals surface area contributed by atoms with Crippen molar-refractivity contribution in [2.45, 2.75) is 26.2 Å². The molecule has 126 valence electrons. The summed E-state index contributed by atoms with van der Waals surface area (Å²) in [5, 5.41) is 0. The van der Waals surface area contributed by atoms with Crippen molar-refractivity contribution in [1.29, 1.82) is 0 Å². The Kier molecular flexibility index (Phi) is 5.03. The molecule has 0 aliphatic carbocycles. The minimum Gasteiger partial charge on any atom is -0.454 e. The van der Waals surface area contributed by atoms with E-state index in [0.29, 0.717) is 5.69 Å². The maximum atomic E-state index is 12.0. The second-order valence-electron chi connectivity index (χ2n) is 5.99. The summed E-state index contributed by atoms with van der Waals surface area (Å²) in [5.74, 6) is -1.96. The lowest BCUT2D eigenvalue weighted by Crippen LogP contribution is -2.23. The second-order valence-corrected chi connectivity index (χ2v) is 8.21. The number of rotatable bonds is 5. The van der Waals surface area contributed by atoms with Crippen LogP contribution in [0.2, 0.25) is 0 Å². The highest BCUT2D eigenvalue weighted by Crippen LogP contribution is 2.19. The number of pyridine rings is 1. The van der Waals surface area contributed by atoms with Gasteiger partial charge in [0.15, 0.2) is 22.2 Å². The van der Waals surface area contributed by atoms with Crippen LogP contribution < -0.4 is 5.56 Å². The number of H-pyrrole nitrogens is 1. The largest absolute Gasteiger partial charge is 0.454 e. The van der Waals surface area contributed by atoms with E-state index in [0.717, 1.165) is 6.07 Å². The highest BCUT2D eigenvalue weighted by Gasteiger charge is 2.33. The average molecular weight is 341 g/mol. The normalized spacial score (nSPS) is 19.7. The van der Waals surface area contributed by atoms with Crippen LogP contribution in [-0.4, -0.2) is 43.3 Å². The van der Waals surface area contributed by atoms with E-state index in [2.05, 4.69) is 4.98 Å². The Morgan fingerprint density at radius 1 is 1.35 bits per heavy atom. The second kappa shape index (κ2) is 6.66. The van der Waals surface area contributed by atoms with Crippen LogP contribution in [0.15, 0.2) is 16.9 Å². The number of carbonyl (C=O) groups excluding carboxylic acids is 2. The Bertz CT molecular complexity index is 777. The number of sulfone groups is 1. The molecule has 0 bridgehead atoms. The van der Waals surface area contributed by atoms with E-state index < -0.39 is 39.7 Å². The molecule has 2 rings (SSSR count). The molecule has 0 aromatic carbocycles. The summed E-state index contributed by atoms with van der Waals surface area (Å²) in [4.78, 5) is 38.0. The van der Waals surface area contributed by atoms with Crippen LogP contribution in [0.5, 0.6) is 0 Å². The van der Waals surface area contributed by atoms with Crippen molar-refractivity contribution in [2.75, 3.05) is 18.1 Å². The third kappa shape index (κ3) is 4.51. The Balaban J connectivity index is 2.00. The van der Waals surface area contributed by atoms with Gasteiger partial charge in [-0.05, 0) is 18.4 Å². The first-order valence-electron chi connectivity index (χ1n) is 7.32. The minimum atomic E-state index is -3.16. The minimum absolute atomic E-state index is 0.0108. The summed E-state index contributed by atoms with van der Waals surface area (Å²) in [6, 6.07) is 2.62. The van der Waals surface area contributed by atoms with Gasteiger partial charge >= 0.3 is 5.97 Å². The fourth-order valence-corrected chi connectivity index (χ4v) is 4.16. The van der Waals surface area contributed by atoms with Gasteiger partial charge in [-0.1, -0.05) is 13.8 Å². The number of Topliss-reactive ketones (excluding diaryl/α,β-unsaturated/α-hetero) is 1. The number of aromatic amines is 1. The molecule has 1 aliphatic heterocycles. The van der Waals surface area contributed by atoms with Crippen molar-refractivity contribution >= 4 is 21.6 Å². The summed E-state index contributed by atoms with van der Waals surface area (Å²) in [7, 11) is -3.16. The molecule has 23 heavy (non-hydrogen) atoms. The Morgan fingerprint density at radius 2 is 2.04 bits per heavy atom. The van der Waals surface area contributed by atoms with Gasteiger partial charge in [0.2, 0.25) is 5.56 Å². The third-order valence-corrected chi connectivity index (χ3v) is 5.52. The number of nitrogens with one attached hydrogen (secondary N) is 1. The van der Waals surface area contributed by atoms with Crippen molar-refractivity contribution in [3.63, 3.8) is 0 Å². The first kappa shape index (κ1) is 17.4. The number of hydrogen-bond donors (Lipinski definition) is 1. The molecule has 1 unspecified atom stereocenters. The molecule has 1 N–H and O–H groups in total. The predicted molar refractivity (Wildman–Crippen MR) is 83.2 cm³/mol. The maximum absolute atomic E-state index is 12.0. The summed E-state index contributed by atoms with van der Waals surface area (Å²) in [5.41, 5.74) is 0.248. The fraction of sp³-hybridized carbons (Fsp3) is 0.533. The lowest BCUT2D eigenvalue weighted by Gasteiger charge is -2.09. The zero-order valence-electron chi connectivity index (χ0n) is 13.0. The molecule has 1 aromatic rings. The van der Waals surface area contributed by atoms with Crippen molar-refractivity contribution in [1.82, 2.24) is 4.98 Å². The van der Waals surface area contributed by atoms with Gasteiger partial charge in [0.1, 0.15) is 0 Å². The average Bonchev–Trinajstić information content (AvgIpc) is 2.84. The molecule has 2 heterocycles. The van der Waals surface area contributed by atoms with Crippen LogP contribution in [0, 0.1) is 5.92 Å². The van der Waals surface area contributed by atoms with Gasteiger partial charge in [0, 0.05) is 17.7 Å². The maximum Gasteiger partial charge on any atom is 0.338 e. The van der Waals surface area contributed by atoms with Crippen LogP contribution in [-0.2, 0) is 19.4 Å². The van der Waals surface area contributed by atoms with Crippen LogP contribution in [0.1, 0.15) is 42.2 Å². The van der Waals surface area contributed by atoms with Crippen molar-refractivity contribution in [3.8, 4) is 0 Å². The Hall–Kier alpha value is -1.96. The van der Waals surface area contributed by atoms with Gasteiger partial charge in [-0.2, -0.15) is 0 Å². The van der Waals surface area contributed by atoms with E-state index in [-0.39, 0.29) is 29.4 Å². The summed E-state index contributed by atoms with van der Waals surface area (Å²) in [6.07, 6.45) is 0.265. The Labute approximate surface area is 134 Å². The van der Waals surface area contributed by atoms with E-state index in [1.165, 1.54) is 6.07 Å². The predicted octanol–water partition coefficient (Wildman–Crippen LogP) is 0.659. The van der Waals surface area contributed by atoms with E-state index in [4.69, 9.17) is 4.74 Å². The monoisotopic (exact) mass is 341 g/mol. The number of esters is 1. The van der Waals surface area contributed by atoms with Crippen LogP contribution in [0.4, 0.5) is 0 Å². The molecular formula is C15H19NO6S. The van der Waals surface area contributed by atoms with Crippen LogP contribution in [0.25, 0.3) is 0 Å². The summed E-state index contributed by atoms with van der Waals surface area (Å²) < 4.78 is 27.6. The van der Waals surface area contributed by atoms with Gasteiger partial charge < -0.3 is 9.72 Å². The number of ether oxygens (including phenoxy) is 1. The van der Waals surface area contributed by atoms with Gasteiger partial charge in [-0.15, -0.1) is 0 Å².